The van der Waals surface area contributed by atoms with Crippen LogP contribution in [0.15, 0.2) is 94.9 Å². The van der Waals surface area contributed by atoms with Crippen molar-refractivity contribution in [3.63, 3.8) is 0 Å². The number of nitrogens with one attached hydrogen (secondary N) is 1. The second-order valence-electron chi connectivity index (χ2n) is 6.87. The van der Waals surface area contributed by atoms with Crippen LogP contribution in [0.25, 0.3) is 0 Å². The van der Waals surface area contributed by atoms with E-state index in [1.54, 1.807) is 0 Å². The maximum atomic E-state index is 6.51. The molecule has 3 aromatic carbocycles. The summed E-state index contributed by atoms with van der Waals surface area (Å²) < 4.78 is 0. The van der Waals surface area contributed by atoms with Crippen molar-refractivity contribution in [3.8, 4) is 0 Å². The fourth-order valence-corrected chi connectivity index (χ4v) is 3.49. The summed E-state index contributed by atoms with van der Waals surface area (Å²) in [5.74, 6) is 1.38. The fraction of sp³-hybridized carbons (Fsp3) is 0.167. The van der Waals surface area contributed by atoms with Gasteiger partial charge < -0.3 is 10.2 Å². The molecule has 3 aromatic rings. The van der Waals surface area contributed by atoms with Crippen LogP contribution in [-0.4, -0.2) is 29.8 Å². The van der Waals surface area contributed by atoms with E-state index >= 15 is 0 Å². The Morgan fingerprint density at radius 1 is 0.793 bits per heavy atom. The molecule has 0 saturated carbocycles. The van der Waals surface area contributed by atoms with Gasteiger partial charge in [-0.1, -0.05) is 60.1 Å². The Kier molecular flexibility index (Phi) is 6.22. The molecule has 5 heteroatoms. The molecular weight excluding hydrogens is 380 g/mol. The van der Waals surface area contributed by atoms with Crippen LogP contribution in [0.1, 0.15) is 18.4 Å². The number of anilines is 1. The zero-order chi connectivity index (χ0) is 19.9. The van der Waals surface area contributed by atoms with Gasteiger partial charge in [0.15, 0.2) is 0 Å². The molecule has 1 saturated heterocycles. The molecular formula is C24H23ClN4. The second kappa shape index (κ2) is 9.39. The van der Waals surface area contributed by atoms with Gasteiger partial charge in [0.25, 0.3) is 0 Å². The summed E-state index contributed by atoms with van der Waals surface area (Å²) in [7, 11) is 0. The predicted molar refractivity (Wildman–Crippen MR) is 122 cm³/mol. The van der Waals surface area contributed by atoms with Crippen molar-refractivity contribution >= 4 is 34.8 Å². The van der Waals surface area contributed by atoms with Gasteiger partial charge in [0, 0.05) is 24.3 Å². The average Bonchev–Trinajstić information content (AvgIpc) is 3.29. The van der Waals surface area contributed by atoms with E-state index in [0.717, 1.165) is 42.9 Å². The van der Waals surface area contributed by atoms with Gasteiger partial charge in [-0.2, -0.15) is 4.99 Å². The van der Waals surface area contributed by atoms with Gasteiger partial charge in [-0.25, -0.2) is 4.99 Å². The Labute approximate surface area is 176 Å². The largest absolute Gasteiger partial charge is 0.341 e. The smallest absolute Gasteiger partial charge is 0.227 e. The molecule has 0 aromatic heterocycles. The molecule has 1 fully saturated rings. The third kappa shape index (κ3) is 5.04. The maximum Gasteiger partial charge on any atom is 0.227 e. The van der Waals surface area contributed by atoms with Crippen molar-refractivity contribution in [3.05, 3.63) is 95.5 Å². The maximum absolute atomic E-state index is 6.51. The van der Waals surface area contributed by atoms with E-state index in [1.807, 2.05) is 84.9 Å². The minimum Gasteiger partial charge on any atom is -0.341 e. The molecule has 1 aliphatic rings. The second-order valence-corrected chi connectivity index (χ2v) is 7.28. The van der Waals surface area contributed by atoms with Gasteiger partial charge in [-0.15, -0.1) is 0 Å². The SMILES string of the molecule is Clc1ccccc1C(=NC(=Nc1ccccc1)N1CCCC1)Nc1ccccc1. The molecule has 4 rings (SSSR count). The molecule has 0 aliphatic carbocycles. The van der Waals surface area contributed by atoms with E-state index in [0.29, 0.717) is 16.8 Å². The Hall–Kier alpha value is -3.11. The number of nitrogens with zero attached hydrogens (tertiary/aromatic N) is 3. The molecule has 0 spiro atoms. The topological polar surface area (TPSA) is 40.0 Å². The first-order valence-electron chi connectivity index (χ1n) is 9.84. The molecule has 1 N–H and O–H groups in total. The van der Waals surface area contributed by atoms with Crippen molar-refractivity contribution < 1.29 is 0 Å². The van der Waals surface area contributed by atoms with E-state index in [1.165, 1.54) is 0 Å². The van der Waals surface area contributed by atoms with Crippen LogP contribution >= 0.6 is 11.6 Å². The lowest BCUT2D eigenvalue weighted by Crippen LogP contribution is -2.29. The summed E-state index contributed by atoms with van der Waals surface area (Å²) in [5.41, 5.74) is 2.68. The number of hydrogen-bond donors (Lipinski definition) is 1. The van der Waals surface area contributed by atoms with Crippen molar-refractivity contribution in [1.82, 2.24) is 4.90 Å². The Morgan fingerprint density at radius 3 is 2.10 bits per heavy atom. The van der Waals surface area contributed by atoms with Crippen molar-refractivity contribution in [1.29, 1.82) is 0 Å². The number of benzene rings is 3. The number of halogens is 1. The highest BCUT2D eigenvalue weighted by molar-refractivity contribution is 6.35. The standard InChI is InChI=1S/C24H23ClN4/c25-22-16-8-7-15-21(22)23(26-19-11-3-1-4-12-19)28-24(29-17-9-10-18-29)27-20-13-5-2-6-14-20/h1-8,11-16H,9-10,17-18H2,(H,26,27,28). The van der Waals surface area contributed by atoms with Crippen LogP contribution in [0.4, 0.5) is 11.4 Å². The Balaban J connectivity index is 1.79. The first-order chi connectivity index (χ1) is 14.3. The predicted octanol–water partition coefficient (Wildman–Crippen LogP) is 5.98. The van der Waals surface area contributed by atoms with Crippen LogP contribution in [0.3, 0.4) is 0 Å². The summed E-state index contributed by atoms with van der Waals surface area (Å²) in [6, 6.07) is 27.7. The van der Waals surface area contributed by atoms with Gasteiger partial charge in [0.2, 0.25) is 5.96 Å². The van der Waals surface area contributed by atoms with Crippen LogP contribution < -0.4 is 5.32 Å². The molecule has 0 amide bonds. The molecule has 0 atom stereocenters. The summed E-state index contributed by atoms with van der Waals surface area (Å²) in [5, 5.41) is 4.08. The molecule has 0 radical (unpaired) electrons. The average molecular weight is 403 g/mol. The van der Waals surface area contributed by atoms with Crippen LogP contribution in [0, 0.1) is 0 Å². The minimum absolute atomic E-state index is 0.648. The Morgan fingerprint density at radius 2 is 1.41 bits per heavy atom. The summed E-state index contributed by atoms with van der Waals surface area (Å²) in [6.45, 7) is 1.91. The summed E-state index contributed by atoms with van der Waals surface area (Å²) in [4.78, 5) is 12.1. The van der Waals surface area contributed by atoms with Crippen LogP contribution in [-0.2, 0) is 0 Å². The van der Waals surface area contributed by atoms with Crippen LogP contribution in [0.2, 0.25) is 5.02 Å². The van der Waals surface area contributed by atoms with E-state index in [2.05, 4.69) is 10.2 Å². The lowest BCUT2D eigenvalue weighted by molar-refractivity contribution is 0.514. The first kappa shape index (κ1) is 19.2. The zero-order valence-electron chi connectivity index (χ0n) is 16.1. The Bertz CT molecular complexity index is 994. The molecule has 4 nitrogen and oxygen atoms in total. The minimum atomic E-state index is 0.648. The summed E-state index contributed by atoms with van der Waals surface area (Å²) >= 11 is 6.51. The lowest BCUT2D eigenvalue weighted by atomic mass is 10.2. The van der Waals surface area contributed by atoms with E-state index in [4.69, 9.17) is 21.6 Å². The summed E-state index contributed by atoms with van der Waals surface area (Å²) in [6.07, 6.45) is 2.30. The number of likely N-dealkylation sites (tertiary alicyclic amines) is 1. The molecule has 146 valence electrons. The molecule has 1 heterocycles. The van der Waals surface area contributed by atoms with Crippen molar-refractivity contribution in [2.45, 2.75) is 12.8 Å². The highest BCUT2D eigenvalue weighted by Gasteiger charge is 2.18. The third-order valence-electron chi connectivity index (χ3n) is 4.75. The number of rotatable bonds is 3. The number of aliphatic imine (C=N–C) groups is 2. The van der Waals surface area contributed by atoms with Crippen molar-refractivity contribution in [2.24, 2.45) is 9.98 Å². The molecule has 0 unspecified atom stereocenters. The van der Waals surface area contributed by atoms with Gasteiger partial charge in [0.1, 0.15) is 5.84 Å². The quantitative estimate of drug-likeness (QED) is 0.432. The van der Waals surface area contributed by atoms with E-state index < -0.39 is 0 Å². The monoisotopic (exact) mass is 402 g/mol. The number of para-hydroxylation sites is 2. The fourth-order valence-electron chi connectivity index (χ4n) is 3.27. The molecule has 0 bridgehead atoms. The number of amidine groups is 1. The van der Waals surface area contributed by atoms with E-state index in [9.17, 15) is 0 Å². The number of guanidine groups is 1. The normalized spacial score (nSPS) is 14.9. The van der Waals surface area contributed by atoms with Crippen LogP contribution in [0.5, 0.6) is 0 Å². The van der Waals surface area contributed by atoms with E-state index in [-0.39, 0.29) is 0 Å². The lowest BCUT2D eigenvalue weighted by Gasteiger charge is -2.19. The highest BCUT2D eigenvalue weighted by Crippen LogP contribution is 2.20. The third-order valence-corrected chi connectivity index (χ3v) is 5.08. The molecule has 1 aliphatic heterocycles. The molecule has 29 heavy (non-hydrogen) atoms. The zero-order valence-corrected chi connectivity index (χ0v) is 16.9. The number of hydrogen-bond acceptors (Lipinski definition) is 1. The van der Waals surface area contributed by atoms with Gasteiger partial charge in [-0.05, 0) is 49.2 Å². The van der Waals surface area contributed by atoms with Gasteiger partial charge in [-0.3, -0.25) is 0 Å². The highest BCUT2D eigenvalue weighted by atomic mass is 35.5. The van der Waals surface area contributed by atoms with Crippen molar-refractivity contribution in [2.75, 3.05) is 18.4 Å². The van der Waals surface area contributed by atoms with Gasteiger partial charge in [0.05, 0.1) is 10.7 Å². The van der Waals surface area contributed by atoms with Gasteiger partial charge >= 0.3 is 0 Å². The first-order valence-corrected chi connectivity index (χ1v) is 10.2.